The molecule has 3 aromatic rings. The summed E-state index contributed by atoms with van der Waals surface area (Å²) in [5.74, 6) is -1.42. The zero-order valence-electron chi connectivity index (χ0n) is 15.2. The molecule has 0 atom stereocenters. The van der Waals surface area contributed by atoms with Crippen LogP contribution in [0.4, 0.5) is 4.39 Å². The highest BCUT2D eigenvalue weighted by molar-refractivity contribution is 6.30. The van der Waals surface area contributed by atoms with Gasteiger partial charge in [0.2, 0.25) is 5.78 Å². The van der Waals surface area contributed by atoms with Gasteiger partial charge in [0.1, 0.15) is 5.82 Å². The maximum absolute atomic E-state index is 13.0. The number of aromatic nitrogens is 3. The maximum atomic E-state index is 13.0. The summed E-state index contributed by atoms with van der Waals surface area (Å²) in [6.45, 7) is -0.293. The number of rotatable bonds is 6. The summed E-state index contributed by atoms with van der Waals surface area (Å²) in [5.41, 5.74) is -0.121. The van der Waals surface area contributed by atoms with Crippen LogP contribution >= 0.6 is 11.6 Å². The van der Waals surface area contributed by atoms with Crippen molar-refractivity contribution in [3.05, 3.63) is 86.5 Å². The Morgan fingerprint density at radius 3 is 2.48 bits per heavy atom. The molecule has 0 bridgehead atoms. The highest BCUT2D eigenvalue weighted by Gasteiger charge is 2.29. The number of carbonyl (C=O) groups is 2. The molecule has 29 heavy (non-hydrogen) atoms. The molecule has 0 spiro atoms. The molecule has 1 amide bonds. The van der Waals surface area contributed by atoms with Gasteiger partial charge >= 0.3 is 17.2 Å². The molecule has 1 heterocycles. The summed E-state index contributed by atoms with van der Waals surface area (Å²) in [7, 11) is 1.37. The Labute approximate surface area is 169 Å². The number of hydrogen-bond donors (Lipinski definition) is 2. The van der Waals surface area contributed by atoms with Gasteiger partial charge in [0, 0.05) is 22.4 Å². The SMILES string of the molecule is CNC(=O)c1c(=O)n(N=Cc2ccc(F)cc2)[nH][n+]1CC(=O)c1ccc(Cl)cc1. The molecule has 0 saturated heterocycles. The molecule has 1 aromatic heterocycles. The summed E-state index contributed by atoms with van der Waals surface area (Å²) in [6.07, 6.45) is 1.32. The molecule has 0 aliphatic heterocycles. The highest BCUT2D eigenvalue weighted by atomic mass is 35.5. The normalized spacial score (nSPS) is 11.0. The molecule has 8 nitrogen and oxygen atoms in total. The third kappa shape index (κ3) is 4.64. The van der Waals surface area contributed by atoms with E-state index in [1.54, 1.807) is 24.3 Å². The summed E-state index contributed by atoms with van der Waals surface area (Å²) in [4.78, 5) is 38.1. The quantitative estimate of drug-likeness (QED) is 0.360. The molecule has 3 rings (SSSR count). The Bertz CT molecular complexity index is 1130. The summed E-state index contributed by atoms with van der Waals surface area (Å²) < 4.78 is 14.1. The molecule has 0 unspecified atom stereocenters. The van der Waals surface area contributed by atoms with Crippen molar-refractivity contribution in [2.24, 2.45) is 5.10 Å². The zero-order chi connectivity index (χ0) is 21.0. The van der Waals surface area contributed by atoms with E-state index in [1.165, 1.54) is 37.5 Å². The van der Waals surface area contributed by atoms with Gasteiger partial charge in [0.25, 0.3) is 0 Å². The second-order valence-electron chi connectivity index (χ2n) is 5.96. The largest absolute Gasteiger partial charge is 0.432 e. The minimum atomic E-state index is -0.744. The van der Waals surface area contributed by atoms with E-state index in [2.05, 4.69) is 15.6 Å². The van der Waals surface area contributed by atoms with Crippen LogP contribution in [-0.4, -0.2) is 35.0 Å². The van der Waals surface area contributed by atoms with Crippen LogP contribution in [0.3, 0.4) is 0 Å². The Morgan fingerprint density at radius 1 is 1.21 bits per heavy atom. The first-order chi connectivity index (χ1) is 13.9. The Balaban J connectivity index is 1.93. The Morgan fingerprint density at radius 2 is 1.86 bits per heavy atom. The van der Waals surface area contributed by atoms with Gasteiger partial charge in [-0.3, -0.25) is 9.59 Å². The van der Waals surface area contributed by atoms with Gasteiger partial charge in [-0.1, -0.05) is 34.0 Å². The molecule has 148 valence electrons. The van der Waals surface area contributed by atoms with E-state index in [0.29, 0.717) is 16.1 Å². The fourth-order valence-electron chi connectivity index (χ4n) is 2.50. The fraction of sp³-hybridized carbons (Fsp3) is 0.105. The number of H-pyrrole nitrogens is 1. The number of nitrogens with one attached hydrogen (secondary N) is 2. The van der Waals surface area contributed by atoms with Crippen LogP contribution < -0.4 is 15.6 Å². The van der Waals surface area contributed by atoms with Crippen LogP contribution in [0, 0.1) is 5.82 Å². The van der Waals surface area contributed by atoms with Gasteiger partial charge in [0.05, 0.1) is 6.21 Å². The fourth-order valence-corrected chi connectivity index (χ4v) is 2.63. The molecule has 0 radical (unpaired) electrons. The minimum Gasteiger partial charge on any atom is -0.352 e. The average molecular weight is 417 g/mol. The Hall–Kier alpha value is -3.59. The standard InChI is InChI=1S/C19H15ClFN5O3/c1-22-18(28)17-19(29)26(23-10-12-2-8-15(21)9-3-12)24-25(17)11-16(27)13-4-6-14(20)7-5-13/h2-10H,11H2,1H3,(H-,22,24,28,29)/p+1. The van der Waals surface area contributed by atoms with Crippen molar-refractivity contribution < 1.29 is 18.7 Å². The summed E-state index contributed by atoms with van der Waals surface area (Å²) >= 11 is 5.82. The number of ketones is 1. The van der Waals surface area contributed by atoms with Gasteiger partial charge in [-0.15, -0.1) is 4.68 Å². The number of Topliss-reactive ketones (excluding diaryl/α,β-unsaturated/α-hetero) is 1. The monoisotopic (exact) mass is 416 g/mol. The lowest BCUT2D eigenvalue weighted by Gasteiger charge is -2.00. The maximum Gasteiger partial charge on any atom is 0.432 e. The van der Waals surface area contributed by atoms with Crippen LogP contribution in [0.15, 0.2) is 58.4 Å². The lowest BCUT2D eigenvalue weighted by Crippen LogP contribution is -2.48. The molecule has 0 aliphatic rings. The summed E-state index contributed by atoms with van der Waals surface area (Å²) in [6, 6.07) is 11.7. The molecule has 0 aliphatic carbocycles. The van der Waals surface area contributed by atoms with Crippen LogP contribution in [0.25, 0.3) is 0 Å². The van der Waals surface area contributed by atoms with Gasteiger partial charge < -0.3 is 5.32 Å². The topological polar surface area (TPSA) is 100 Å². The van der Waals surface area contributed by atoms with Crippen molar-refractivity contribution in [3.8, 4) is 0 Å². The zero-order valence-corrected chi connectivity index (χ0v) is 16.0. The highest BCUT2D eigenvalue weighted by Crippen LogP contribution is 2.10. The number of hydrogen-bond acceptors (Lipinski definition) is 4. The van der Waals surface area contributed by atoms with Crippen LogP contribution in [0.5, 0.6) is 0 Å². The van der Waals surface area contributed by atoms with E-state index in [0.717, 1.165) is 9.47 Å². The minimum absolute atomic E-state index is 0.286. The number of amides is 1. The van der Waals surface area contributed by atoms with Gasteiger partial charge in [-0.25, -0.2) is 9.18 Å². The number of carbonyl (C=O) groups excluding carboxylic acids is 2. The molecule has 0 fully saturated rings. The first-order valence-electron chi connectivity index (χ1n) is 8.44. The molecule has 0 saturated carbocycles. The molecule has 10 heteroatoms. The van der Waals surface area contributed by atoms with Crippen molar-refractivity contribution in [1.82, 2.24) is 15.3 Å². The molecule has 2 N–H and O–H groups in total. The second kappa shape index (κ2) is 8.61. The third-order valence-corrected chi connectivity index (χ3v) is 4.23. The van der Waals surface area contributed by atoms with Crippen molar-refractivity contribution in [2.45, 2.75) is 6.54 Å². The van der Waals surface area contributed by atoms with E-state index in [4.69, 9.17) is 11.6 Å². The first kappa shape index (κ1) is 20.2. The van der Waals surface area contributed by atoms with Gasteiger partial charge in [-0.2, -0.15) is 0 Å². The van der Waals surface area contributed by atoms with Gasteiger partial charge in [-0.05, 0) is 42.0 Å². The van der Waals surface area contributed by atoms with Crippen LogP contribution in [-0.2, 0) is 6.54 Å². The lowest BCUT2D eigenvalue weighted by atomic mass is 10.1. The van der Waals surface area contributed by atoms with E-state index < -0.39 is 17.3 Å². The first-order valence-corrected chi connectivity index (χ1v) is 8.82. The Kier molecular flexibility index (Phi) is 5.99. The van der Waals surface area contributed by atoms with Crippen LogP contribution in [0.1, 0.15) is 26.4 Å². The second-order valence-corrected chi connectivity index (χ2v) is 6.39. The van der Waals surface area contributed by atoms with E-state index in [1.807, 2.05) is 0 Å². The predicted octanol–water partition coefficient (Wildman–Crippen LogP) is 1.38. The van der Waals surface area contributed by atoms with Crippen LogP contribution in [0.2, 0.25) is 5.02 Å². The predicted molar refractivity (Wildman–Crippen MR) is 104 cm³/mol. The van der Waals surface area contributed by atoms with Crippen molar-refractivity contribution in [1.29, 1.82) is 0 Å². The molecular weight excluding hydrogens is 401 g/mol. The van der Waals surface area contributed by atoms with Crippen molar-refractivity contribution >= 4 is 29.5 Å². The lowest BCUT2D eigenvalue weighted by molar-refractivity contribution is -0.744. The average Bonchev–Trinajstić information content (AvgIpc) is 3.02. The number of nitrogens with zero attached hydrogens (tertiary/aromatic N) is 3. The smallest absolute Gasteiger partial charge is 0.352 e. The third-order valence-electron chi connectivity index (χ3n) is 3.98. The van der Waals surface area contributed by atoms with E-state index in [-0.39, 0.29) is 18.0 Å². The van der Waals surface area contributed by atoms with Gasteiger partial charge in [0.15, 0.2) is 6.54 Å². The van der Waals surface area contributed by atoms with Crippen molar-refractivity contribution in [2.75, 3.05) is 7.05 Å². The molecular formula is C19H16ClFN5O3+. The number of aromatic amines is 1. The number of halogens is 2. The summed E-state index contributed by atoms with van der Waals surface area (Å²) in [5, 5.41) is 9.41. The van der Waals surface area contributed by atoms with Crippen molar-refractivity contribution in [3.63, 3.8) is 0 Å². The van der Waals surface area contributed by atoms with E-state index >= 15 is 0 Å². The number of benzene rings is 2. The van der Waals surface area contributed by atoms with E-state index in [9.17, 15) is 18.8 Å². The molecule has 2 aromatic carbocycles.